The van der Waals surface area contributed by atoms with Crippen LogP contribution in [0, 0.1) is 5.82 Å². The predicted octanol–water partition coefficient (Wildman–Crippen LogP) is 1.87. The Labute approximate surface area is 117 Å². The number of nitrogens with zero attached hydrogens (tertiary/aromatic N) is 1. The van der Waals surface area contributed by atoms with Crippen molar-refractivity contribution in [1.82, 2.24) is 10.2 Å². The van der Waals surface area contributed by atoms with Gasteiger partial charge in [-0.15, -0.1) is 0 Å². The minimum absolute atomic E-state index is 0.0412. The minimum atomic E-state index is -0.871. The van der Waals surface area contributed by atoms with Crippen LogP contribution in [-0.4, -0.2) is 42.1 Å². The molecule has 0 heterocycles. The first-order chi connectivity index (χ1) is 9.49. The lowest BCUT2D eigenvalue weighted by molar-refractivity contribution is -0.137. The lowest BCUT2D eigenvalue weighted by atomic mass is 10.1. The Balaban J connectivity index is 2.24. The van der Waals surface area contributed by atoms with E-state index in [9.17, 15) is 14.0 Å². The van der Waals surface area contributed by atoms with E-state index in [2.05, 4.69) is 5.32 Å². The number of halogens is 1. The van der Waals surface area contributed by atoms with Crippen molar-refractivity contribution in [1.29, 1.82) is 0 Å². The third kappa shape index (κ3) is 6.17. The third-order valence-electron chi connectivity index (χ3n) is 2.84. The number of benzene rings is 1. The fourth-order valence-electron chi connectivity index (χ4n) is 1.62. The molecule has 20 heavy (non-hydrogen) atoms. The molecule has 0 saturated heterocycles. The molecule has 0 aromatic heterocycles. The SMILES string of the molecule is CN(CCc1ccc(F)cc1)C(=O)NCCCC(=O)O. The summed E-state index contributed by atoms with van der Waals surface area (Å²) in [5, 5.41) is 11.1. The van der Waals surface area contributed by atoms with Crippen molar-refractivity contribution in [3.63, 3.8) is 0 Å². The quantitative estimate of drug-likeness (QED) is 0.750. The van der Waals surface area contributed by atoms with Gasteiger partial charge in [-0.05, 0) is 30.5 Å². The van der Waals surface area contributed by atoms with Gasteiger partial charge in [0.05, 0.1) is 0 Å². The van der Waals surface area contributed by atoms with Crippen molar-refractivity contribution < 1.29 is 19.1 Å². The molecule has 0 saturated carbocycles. The molecule has 110 valence electrons. The average Bonchev–Trinajstić information content (AvgIpc) is 2.42. The maximum absolute atomic E-state index is 12.7. The Kier molecular flexibility index (Phi) is 6.49. The number of carboxylic acid groups (broad SMARTS) is 1. The van der Waals surface area contributed by atoms with Crippen LogP contribution in [-0.2, 0) is 11.2 Å². The predicted molar refractivity (Wildman–Crippen MR) is 73.0 cm³/mol. The number of urea groups is 1. The summed E-state index contributed by atoms with van der Waals surface area (Å²) in [6.45, 7) is 0.850. The van der Waals surface area contributed by atoms with Crippen molar-refractivity contribution >= 4 is 12.0 Å². The van der Waals surface area contributed by atoms with Gasteiger partial charge >= 0.3 is 12.0 Å². The highest BCUT2D eigenvalue weighted by atomic mass is 19.1. The average molecular weight is 282 g/mol. The molecule has 1 aromatic rings. The Morgan fingerprint density at radius 2 is 1.95 bits per heavy atom. The fourth-order valence-corrected chi connectivity index (χ4v) is 1.62. The zero-order chi connectivity index (χ0) is 15.0. The van der Waals surface area contributed by atoms with Crippen LogP contribution in [0.3, 0.4) is 0 Å². The number of hydrogen-bond donors (Lipinski definition) is 2. The first-order valence-electron chi connectivity index (χ1n) is 6.44. The number of carbonyl (C=O) groups is 2. The molecule has 0 unspecified atom stereocenters. The molecule has 1 rings (SSSR count). The molecule has 0 aliphatic carbocycles. The Morgan fingerprint density at radius 3 is 2.55 bits per heavy atom. The maximum Gasteiger partial charge on any atom is 0.317 e. The summed E-state index contributed by atoms with van der Waals surface area (Å²) in [5.41, 5.74) is 0.955. The van der Waals surface area contributed by atoms with Crippen molar-refractivity contribution in [3.8, 4) is 0 Å². The van der Waals surface area contributed by atoms with Gasteiger partial charge in [-0.3, -0.25) is 4.79 Å². The van der Waals surface area contributed by atoms with Gasteiger partial charge in [0.2, 0.25) is 0 Å². The molecular weight excluding hydrogens is 263 g/mol. The third-order valence-corrected chi connectivity index (χ3v) is 2.84. The molecule has 0 spiro atoms. The van der Waals surface area contributed by atoms with Crippen LogP contribution in [0.2, 0.25) is 0 Å². The minimum Gasteiger partial charge on any atom is -0.481 e. The molecular formula is C14H19FN2O3. The molecule has 1 aromatic carbocycles. The summed E-state index contributed by atoms with van der Waals surface area (Å²) in [7, 11) is 1.66. The van der Waals surface area contributed by atoms with Gasteiger partial charge in [-0.1, -0.05) is 12.1 Å². The van der Waals surface area contributed by atoms with E-state index >= 15 is 0 Å². The summed E-state index contributed by atoms with van der Waals surface area (Å²) < 4.78 is 12.7. The molecule has 0 bridgehead atoms. The standard InChI is InChI=1S/C14H19FN2O3/c1-17(14(20)16-9-2-3-13(18)19)10-8-11-4-6-12(15)7-5-11/h4-7H,2-3,8-10H2,1H3,(H,16,20)(H,18,19). The van der Waals surface area contributed by atoms with Crippen molar-refractivity contribution in [2.75, 3.05) is 20.1 Å². The van der Waals surface area contributed by atoms with Gasteiger partial charge in [-0.25, -0.2) is 9.18 Å². The first-order valence-corrected chi connectivity index (χ1v) is 6.44. The largest absolute Gasteiger partial charge is 0.481 e. The van der Waals surface area contributed by atoms with Crippen molar-refractivity contribution in [2.45, 2.75) is 19.3 Å². The number of amides is 2. The van der Waals surface area contributed by atoms with Crippen LogP contribution in [0.5, 0.6) is 0 Å². The normalized spacial score (nSPS) is 10.1. The molecule has 2 N–H and O–H groups in total. The lowest BCUT2D eigenvalue weighted by Crippen LogP contribution is -2.38. The van der Waals surface area contributed by atoms with E-state index in [-0.39, 0.29) is 18.3 Å². The zero-order valence-corrected chi connectivity index (χ0v) is 11.4. The van der Waals surface area contributed by atoms with Crippen molar-refractivity contribution in [3.05, 3.63) is 35.6 Å². The second-order valence-corrected chi connectivity index (χ2v) is 4.53. The summed E-state index contributed by atoms with van der Waals surface area (Å²) >= 11 is 0. The highest BCUT2D eigenvalue weighted by Gasteiger charge is 2.08. The summed E-state index contributed by atoms with van der Waals surface area (Å²) in [6.07, 6.45) is 1.09. The number of aliphatic carboxylic acids is 1. The van der Waals surface area contributed by atoms with Crippen LogP contribution in [0.15, 0.2) is 24.3 Å². The van der Waals surface area contributed by atoms with Crippen LogP contribution in [0.25, 0.3) is 0 Å². The molecule has 0 fully saturated rings. The zero-order valence-electron chi connectivity index (χ0n) is 11.4. The van der Waals surface area contributed by atoms with Gasteiger partial charge in [0.15, 0.2) is 0 Å². The Bertz CT molecular complexity index is 448. The Hall–Kier alpha value is -2.11. The maximum atomic E-state index is 12.7. The van der Waals surface area contributed by atoms with Crippen LogP contribution in [0.1, 0.15) is 18.4 Å². The number of carboxylic acids is 1. The summed E-state index contributed by atoms with van der Waals surface area (Å²) in [6, 6.07) is 5.92. The second-order valence-electron chi connectivity index (χ2n) is 4.53. The number of nitrogens with one attached hydrogen (secondary N) is 1. The van der Waals surface area contributed by atoms with Crippen molar-refractivity contribution in [2.24, 2.45) is 0 Å². The second kappa shape index (κ2) is 8.14. The van der Waals surface area contributed by atoms with Crippen LogP contribution < -0.4 is 5.32 Å². The molecule has 2 amide bonds. The van der Waals surface area contributed by atoms with Gasteiger partial charge in [0, 0.05) is 26.6 Å². The molecule has 0 radical (unpaired) electrons. The summed E-state index contributed by atoms with van der Waals surface area (Å²) in [4.78, 5) is 23.5. The monoisotopic (exact) mass is 282 g/mol. The van der Waals surface area contributed by atoms with E-state index < -0.39 is 5.97 Å². The molecule has 0 aliphatic rings. The van der Waals surface area contributed by atoms with E-state index in [0.29, 0.717) is 25.9 Å². The Morgan fingerprint density at radius 1 is 1.30 bits per heavy atom. The molecule has 0 atom stereocenters. The van der Waals surface area contributed by atoms with Crippen LogP contribution >= 0.6 is 0 Å². The molecule has 6 heteroatoms. The van der Waals surface area contributed by atoms with Gasteiger partial charge < -0.3 is 15.3 Å². The van der Waals surface area contributed by atoms with E-state index in [0.717, 1.165) is 5.56 Å². The fraction of sp³-hybridized carbons (Fsp3) is 0.429. The van der Waals surface area contributed by atoms with E-state index in [1.165, 1.54) is 17.0 Å². The van der Waals surface area contributed by atoms with E-state index in [4.69, 9.17) is 5.11 Å². The van der Waals surface area contributed by atoms with Crippen LogP contribution in [0.4, 0.5) is 9.18 Å². The van der Waals surface area contributed by atoms with Gasteiger partial charge in [0.25, 0.3) is 0 Å². The highest BCUT2D eigenvalue weighted by molar-refractivity contribution is 5.73. The van der Waals surface area contributed by atoms with Gasteiger partial charge in [0.1, 0.15) is 5.82 Å². The smallest absolute Gasteiger partial charge is 0.317 e. The first kappa shape index (κ1) is 15.9. The number of likely N-dealkylation sites (N-methyl/N-ethyl adjacent to an activating group) is 1. The lowest BCUT2D eigenvalue weighted by Gasteiger charge is -2.17. The highest BCUT2D eigenvalue weighted by Crippen LogP contribution is 2.04. The number of carbonyl (C=O) groups excluding carboxylic acids is 1. The van der Waals surface area contributed by atoms with E-state index in [1.807, 2.05) is 0 Å². The van der Waals surface area contributed by atoms with Gasteiger partial charge in [-0.2, -0.15) is 0 Å². The number of hydrogen-bond acceptors (Lipinski definition) is 2. The molecule has 0 aliphatic heterocycles. The van der Waals surface area contributed by atoms with E-state index in [1.54, 1.807) is 19.2 Å². The number of rotatable bonds is 7. The summed E-state index contributed by atoms with van der Waals surface area (Å²) in [5.74, 6) is -1.15. The molecule has 5 nitrogen and oxygen atoms in total. The topological polar surface area (TPSA) is 69.6 Å².